The molecule has 2 heterocycles. The Labute approximate surface area is 157 Å². The molecular weight excluding hydrogens is 340 g/mol. The Morgan fingerprint density at radius 2 is 1.70 bits per heavy atom. The van der Waals surface area contributed by atoms with Crippen molar-refractivity contribution in [2.45, 2.75) is 6.54 Å². The number of hydrogen-bond acceptors (Lipinski definition) is 4. The monoisotopic (exact) mass is 358 g/mol. The van der Waals surface area contributed by atoms with Crippen LogP contribution in [0.3, 0.4) is 0 Å². The summed E-state index contributed by atoms with van der Waals surface area (Å²) in [6.07, 6.45) is 4.69. The summed E-state index contributed by atoms with van der Waals surface area (Å²) < 4.78 is 10.4. The van der Waals surface area contributed by atoms with Crippen LogP contribution >= 0.6 is 0 Å². The summed E-state index contributed by atoms with van der Waals surface area (Å²) in [5.41, 5.74) is 3.97. The summed E-state index contributed by atoms with van der Waals surface area (Å²) in [6, 6.07) is 21.8. The van der Waals surface area contributed by atoms with Gasteiger partial charge >= 0.3 is 0 Å². The van der Waals surface area contributed by atoms with Crippen molar-refractivity contribution in [2.24, 2.45) is 0 Å². The average molecular weight is 358 g/mol. The van der Waals surface area contributed by atoms with Crippen LogP contribution in [0.1, 0.15) is 5.56 Å². The molecular formula is C22H18N2O3. The van der Waals surface area contributed by atoms with E-state index in [0.29, 0.717) is 6.54 Å². The first kappa shape index (κ1) is 16.8. The first-order chi connectivity index (χ1) is 13.3. The molecule has 5 heteroatoms. The molecule has 0 spiro atoms. The number of pyridine rings is 1. The molecule has 0 N–H and O–H groups in total. The number of carbonyl (C=O) groups is 1. The van der Waals surface area contributed by atoms with Gasteiger partial charge in [-0.3, -0.25) is 9.78 Å². The van der Waals surface area contributed by atoms with Crippen LogP contribution in [0.15, 0.2) is 91.1 Å². The molecule has 0 fully saturated rings. The molecule has 0 aliphatic carbocycles. The van der Waals surface area contributed by atoms with E-state index in [4.69, 9.17) is 9.47 Å². The third-order valence-electron chi connectivity index (χ3n) is 4.33. The number of anilines is 1. The van der Waals surface area contributed by atoms with Crippen LogP contribution in [-0.4, -0.2) is 17.7 Å². The first-order valence-electron chi connectivity index (χ1n) is 8.63. The molecule has 0 bridgehead atoms. The Kier molecular flexibility index (Phi) is 4.83. The highest BCUT2D eigenvalue weighted by Gasteiger charge is 2.25. The van der Waals surface area contributed by atoms with E-state index in [1.165, 1.54) is 6.26 Å². The highest BCUT2D eigenvalue weighted by Crippen LogP contribution is 2.27. The molecule has 27 heavy (non-hydrogen) atoms. The van der Waals surface area contributed by atoms with Gasteiger partial charge in [-0.15, -0.1) is 0 Å². The molecule has 134 valence electrons. The van der Waals surface area contributed by atoms with Gasteiger partial charge < -0.3 is 14.4 Å². The highest BCUT2D eigenvalue weighted by atomic mass is 16.7. The molecule has 2 aromatic carbocycles. The number of amides is 1. The summed E-state index contributed by atoms with van der Waals surface area (Å²) in [5.74, 6) is -0.0504. The summed E-state index contributed by atoms with van der Waals surface area (Å²) in [6.45, 7) is 0.459. The lowest BCUT2D eigenvalue weighted by atomic mass is 9.99. The molecule has 1 amide bonds. The normalized spacial score (nSPS) is 12.7. The van der Waals surface area contributed by atoms with Crippen LogP contribution < -0.4 is 4.90 Å². The molecule has 4 rings (SSSR count). The summed E-state index contributed by atoms with van der Waals surface area (Å²) in [4.78, 5) is 18.7. The van der Waals surface area contributed by atoms with Gasteiger partial charge in [-0.05, 0) is 28.8 Å². The van der Waals surface area contributed by atoms with Gasteiger partial charge in [-0.25, -0.2) is 0 Å². The fourth-order valence-corrected chi connectivity index (χ4v) is 3.02. The van der Waals surface area contributed by atoms with Gasteiger partial charge in [0.1, 0.15) is 6.26 Å². The predicted octanol–water partition coefficient (Wildman–Crippen LogP) is 4.13. The Morgan fingerprint density at radius 1 is 0.963 bits per heavy atom. The van der Waals surface area contributed by atoms with Gasteiger partial charge in [0.2, 0.25) is 12.6 Å². The minimum atomic E-state index is -0.249. The van der Waals surface area contributed by atoms with Crippen molar-refractivity contribution in [1.82, 2.24) is 4.98 Å². The first-order valence-corrected chi connectivity index (χ1v) is 8.63. The lowest BCUT2D eigenvalue weighted by molar-refractivity contribution is -0.118. The van der Waals surface area contributed by atoms with Gasteiger partial charge in [0.25, 0.3) is 5.91 Å². The maximum absolute atomic E-state index is 13.0. The second-order valence-electron chi connectivity index (χ2n) is 6.03. The van der Waals surface area contributed by atoms with Crippen molar-refractivity contribution >= 4 is 11.6 Å². The van der Waals surface area contributed by atoms with Crippen LogP contribution in [0.5, 0.6) is 0 Å². The second kappa shape index (κ2) is 7.74. The Balaban J connectivity index is 1.72. The third kappa shape index (κ3) is 3.67. The fraction of sp³-hybridized carbons (Fsp3) is 0.0909. The molecule has 3 aromatic rings. The van der Waals surface area contributed by atoms with Gasteiger partial charge in [-0.2, -0.15) is 0 Å². The van der Waals surface area contributed by atoms with Crippen molar-refractivity contribution in [3.63, 3.8) is 0 Å². The standard InChI is InChI=1S/C22H18N2O3/c25-22(21-15-26-16-27-21)24(19-10-12-23-13-11-19)14-18-8-4-5-9-20(18)17-6-2-1-3-7-17/h1-13,15H,14,16H2. The fourth-order valence-electron chi connectivity index (χ4n) is 3.02. The number of carbonyl (C=O) groups excluding carboxylic acids is 1. The Bertz CT molecular complexity index is 956. The third-order valence-corrected chi connectivity index (χ3v) is 4.33. The van der Waals surface area contributed by atoms with Gasteiger partial charge in [0.05, 0.1) is 6.54 Å². The summed E-state index contributed by atoms with van der Waals surface area (Å²) >= 11 is 0. The zero-order valence-corrected chi connectivity index (χ0v) is 14.6. The number of benzene rings is 2. The number of nitrogens with zero attached hydrogens (tertiary/aromatic N) is 2. The average Bonchev–Trinajstić information content (AvgIpc) is 3.28. The van der Waals surface area contributed by atoms with E-state index in [-0.39, 0.29) is 18.5 Å². The zero-order chi connectivity index (χ0) is 18.5. The van der Waals surface area contributed by atoms with Crippen molar-refractivity contribution in [3.8, 4) is 11.1 Å². The highest BCUT2D eigenvalue weighted by molar-refractivity contribution is 6.04. The Hall–Kier alpha value is -3.60. The topological polar surface area (TPSA) is 51.7 Å². The lowest BCUT2D eigenvalue weighted by Crippen LogP contribution is -2.32. The van der Waals surface area contributed by atoms with E-state index >= 15 is 0 Å². The molecule has 0 saturated heterocycles. The summed E-state index contributed by atoms with van der Waals surface area (Å²) in [5, 5.41) is 0. The van der Waals surface area contributed by atoms with E-state index in [0.717, 1.165) is 22.4 Å². The minimum Gasteiger partial charge on any atom is -0.461 e. The number of aromatic nitrogens is 1. The molecule has 0 radical (unpaired) electrons. The largest absolute Gasteiger partial charge is 0.461 e. The van der Waals surface area contributed by atoms with Gasteiger partial charge in [-0.1, -0.05) is 54.6 Å². The molecule has 0 saturated carbocycles. The molecule has 5 nitrogen and oxygen atoms in total. The van der Waals surface area contributed by atoms with Crippen LogP contribution in [0.25, 0.3) is 11.1 Å². The second-order valence-corrected chi connectivity index (χ2v) is 6.03. The molecule has 0 atom stereocenters. The SMILES string of the molecule is O=C(C1=COCO1)N(Cc1ccccc1-c1ccccc1)c1ccncc1. The lowest BCUT2D eigenvalue weighted by Gasteiger charge is -2.24. The van der Waals surface area contributed by atoms with Crippen LogP contribution in [0.4, 0.5) is 5.69 Å². The minimum absolute atomic E-state index is 0.0614. The van der Waals surface area contributed by atoms with E-state index in [1.54, 1.807) is 29.4 Å². The molecule has 1 aliphatic rings. The van der Waals surface area contributed by atoms with Crippen LogP contribution in [-0.2, 0) is 20.8 Å². The van der Waals surface area contributed by atoms with E-state index in [1.807, 2.05) is 36.4 Å². The number of rotatable bonds is 5. The quantitative estimate of drug-likeness (QED) is 0.688. The van der Waals surface area contributed by atoms with Crippen molar-refractivity contribution < 1.29 is 14.3 Å². The maximum atomic E-state index is 13.0. The van der Waals surface area contributed by atoms with Crippen molar-refractivity contribution in [3.05, 3.63) is 96.7 Å². The summed E-state index contributed by atoms with van der Waals surface area (Å²) in [7, 11) is 0. The van der Waals surface area contributed by atoms with Crippen LogP contribution in [0.2, 0.25) is 0 Å². The van der Waals surface area contributed by atoms with Crippen LogP contribution in [0, 0.1) is 0 Å². The van der Waals surface area contributed by atoms with Gasteiger partial charge in [0, 0.05) is 18.1 Å². The number of hydrogen-bond donors (Lipinski definition) is 0. The van der Waals surface area contributed by atoms with E-state index in [9.17, 15) is 4.79 Å². The van der Waals surface area contributed by atoms with E-state index < -0.39 is 0 Å². The predicted molar refractivity (Wildman–Crippen MR) is 102 cm³/mol. The molecule has 1 aromatic heterocycles. The molecule has 0 unspecified atom stereocenters. The van der Waals surface area contributed by atoms with Crippen molar-refractivity contribution in [1.29, 1.82) is 0 Å². The smallest absolute Gasteiger partial charge is 0.297 e. The van der Waals surface area contributed by atoms with Crippen molar-refractivity contribution in [2.75, 3.05) is 11.7 Å². The zero-order valence-electron chi connectivity index (χ0n) is 14.6. The maximum Gasteiger partial charge on any atom is 0.297 e. The number of ether oxygens (including phenoxy) is 2. The molecule has 1 aliphatic heterocycles. The van der Waals surface area contributed by atoms with E-state index in [2.05, 4.69) is 23.2 Å². The van der Waals surface area contributed by atoms with Gasteiger partial charge in [0.15, 0.2) is 0 Å². The Morgan fingerprint density at radius 3 is 2.44 bits per heavy atom.